The van der Waals surface area contributed by atoms with Crippen molar-refractivity contribution in [2.24, 2.45) is 0 Å². The summed E-state index contributed by atoms with van der Waals surface area (Å²) in [6.45, 7) is 1.28. The van der Waals surface area contributed by atoms with Crippen LogP contribution in [0.2, 0.25) is 0 Å². The van der Waals surface area contributed by atoms with Gasteiger partial charge in [0.2, 0.25) is 10.0 Å². The lowest BCUT2D eigenvalue weighted by Crippen LogP contribution is -2.35. The Bertz CT molecular complexity index is 958. The van der Waals surface area contributed by atoms with Crippen LogP contribution < -0.4 is 0 Å². The van der Waals surface area contributed by atoms with E-state index in [1.54, 1.807) is 23.1 Å². The third-order valence-corrected chi connectivity index (χ3v) is 7.14. The summed E-state index contributed by atoms with van der Waals surface area (Å²) in [6, 6.07) is 5.27. The van der Waals surface area contributed by atoms with Gasteiger partial charge in [-0.05, 0) is 25.0 Å². The number of nitrogens with zero attached hydrogens (tertiary/aromatic N) is 3. The van der Waals surface area contributed by atoms with Gasteiger partial charge in [0.25, 0.3) is 5.91 Å². The van der Waals surface area contributed by atoms with E-state index >= 15 is 0 Å². The van der Waals surface area contributed by atoms with Crippen LogP contribution >= 0.6 is 24.0 Å². The predicted octanol–water partition coefficient (Wildman–Crippen LogP) is 2.34. The number of carbonyl (C=O) groups is 1. The number of carbonyl (C=O) groups excluding carboxylic acids is 1. The van der Waals surface area contributed by atoms with Gasteiger partial charge in [-0.1, -0.05) is 24.0 Å². The number of ether oxygens (including phenoxy) is 1. The maximum atomic E-state index is 12.7. The molecule has 0 spiro atoms. The summed E-state index contributed by atoms with van der Waals surface area (Å²) in [5.41, 5.74) is 0. The molecule has 1 aromatic heterocycles. The first-order chi connectivity index (χ1) is 13.8. The van der Waals surface area contributed by atoms with Crippen molar-refractivity contribution in [2.75, 3.05) is 26.0 Å². The van der Waals surface area contributed by atoms with E-state index in [9.17, 15) is 13.2 Å². The quantitative estimate of drug-likeness (QED) is 0.435. The van der Waals surface area contributed by atoms with Crippen molar-refractivity contribution < 1.29 is 22.4 Å². The number of hydrogen-bond acceptors (Lipinski definition) is 8. The fraction of sp³-hybridized carbons (Fsp3) is 0.500. The summed E-state index contributed by atoms with van der Waals surface area (Å²) in [7, 11) is -3.47. The smallest absolute Gasteiger partial charge is 0.266 e. The highest BCUT2D eigenvalue weighted by atomic mass is 32.2. The minimum Gasteiger partial charge on any atom is -0.460 e. The van der Waals surface area contributed by atoms with Gasteiger partial charge in [0.15, 0.2) is 0 Å². The summed E-state index contributed by atoms with van der Waals surface area (Å²) in [4.78, 5) is 14.7. The first kappa shape index (κ1) is 22.0. The number of furan rings is 1. The zero-order valence-corrected chi connectivity index (χ0v) is 18.3. The molecule has 3 rings (SSSR count). The van der Waals surface area contributed by atoms with Gasteiger partial charge in [-0.15, -0.1) is 0 Å². The number of thioether (sulfide) groups is 1. The van der Waals surface area contributed by atoms with E-state index < -0.39 is 10.0 Å². The van der Waals surface area contributed by atoms with Gasteiger partial charge in [-0.25, -0.2) is 8.42 Å². The van der Waals surface area contributed by atoms with Crippen LogP contribution in [-0.4, -0.2) is 59.9 Å². The molecule has 3 heterocycles. The van der Waals surface area contributed by atoms with E-state index in [-0.39, 0.29) is 31.5 Å². The lowest BCUT2D eigenvalue weighted by atomic mass is 10.2. The maximum Gasteiger partial charge on any atom is 0.266 e. The van der Waals surface area contributed by atoms with E-state index in [1.807, 2.05) is 6.07 Å². The number of rotatable bonds is 8. The van der Waals surface area contributed by atoms with E-state index in [1.165, 1.54) is 16.1 Å². The van der Waals surface area contributed by atoms with Gasteiger partial charge < -0.3 is 9.15 Å². The maximum absolute atomic E-state index is 12.7. The largest absolute Gasteiger partial charge is 0.460 e. The monoisotopic (exact) mass is 455 g/mol. The molecule has 2 fully saturated rings. The minimum atomic E-state index is -3.47. The Kier molecular flexibility index (Phi) is 7.13. The minimum absolute atomic E-state index is 0.0162. The third-order valence-electron chi connectivity index (χ3n) is 4.51. The number of thiocarbonyl (C=S) groups is 1. The fourth-order valence-electron chi connectivity index (χ4n) is 3.05. The molecule has 2 saturated heterocycles. The van der Waals surface area contributed by atoms with E-state index in [0.29, 0.717) is 33.9 Å². The molecule has 1 aromatic rings. The van der Waals surface area contributed by atoms with E-state index in [4.69, 9.17) is 26.6 Å². The van der Waals surface area contributed by atoms with Crippen molar-refractivity contribution >= 4 is 50.3 Å². The molecule has 156 valence electrons. The Morgan fingerprint density at radius 1 is 1.48 bits per heavy atom. The normalized spacial score (nSPS) is 21.5. The summed E-state index contributed by atoms with van der Waals surface area (Å²) in [6.07, 6.45) is 4.71. The highest BCUT2D eigenvalue weighted by Gasteiger charge is 2.34. The number of sulfonamides is 1. The van der Waals surface area contributed by atoms with Crippen LogP contribution in [0.4, 0.5) is 0 Å². The SMILES string of the molecule is CS(=O)(=O)N(CCC#N)Cc1ccc(/C=C2\SC(=S)N(C[C@H]3CCCO3)C2=O)o1. The molecule has 2 aliphatic rings. The number of nitriles is 1. The molecule has 0 radical (unpaired) electrons. The lowest BCUT2D eigenvalue weighted by Gasteiger charge is -2.18. The Hall–Kier alpha value is -1.71. The van der Waals surface area contributed by atoms with Crippen molar-refractivity contribution in [3.63, 3.8) is 0 Å². The van der Waals surface area contributed by atoms with Crippen molar-refractivity contribution in [2.45, 2.75) is 31.9 Å². The highest BCUT2D eigenvalue weighted by Crippen LogP contribution is 2.33. The Morgan fingerprint density at radius 3 is 2.93 bits per heavy atom. The van der Waals surface area contributed by atoms with Crippen LogP contribution in [0.15, 0.2) is 21.5 Å². The summed E-state index contributed by atoms with van der Waals surface area (Å²) < 4.78 is 36.7. The zero-order valence-electron chi connectivity index (χ0n) is 15.9. The van der Waals surface area contributed by atoms with Crippen molar-refractivity contribution in [3.8, 4) is 6.07 Å². The molecular formula is C18H21N3O5S3. The molecule has 1 amide bonds. The lowest BCUT2D eigenvalue weighted by molar-refractivity contribution is -0.123. The van der Waals surface area contributed by atoms with Crippen molar-refractivity contribution in [3.05, 3.63) is 28.6 Å². The van der Waals surface area contributed by atoms with Crippen LogP contribution in [0.25, 0.3) is 6.08 Å². The third kappa shape index (κ3) is 5.67. The van der Waals surface area contributed by atoms with Crippen molar-refractivity contribution in [1.82, 2.24) is 9.21 Å². The van der Waals surface area contributed by atoms with Crippen LogP contribution in [0.5, 0.6) is 0 Å². The van der Waals surface area contributed by atoms with E-state index in [0.717, 1.165) is 19.1 Å². The van der Waals surface area contributed by atoms with Gasteiger partial charge in [-0.2, -0.15) is 9.57 Å². The molecule has 0 unspecified atom stereocenters. The summed E-state index contributed by atoms with van der Waals surface area (Å²) in [5, 5.41) is 8.71. The number of hydrogen-bond donors (Lipinski definition) is 0. The molecule has 1 atom stereocenters. The fourth-order valence-corrected chi connectivity index (χ4v) is 5.09. The van der Waals surface area contributed by atoms with Crippen LogP contribution in [0, 0.1) is 11.3 Å². The molecule has 29 heavy (non-hydrogen) atoms. The van der Waals surface area contributed by atoms with Crippen LogP contribution in [0.1, 0.15) is 30.8 Å². The Morgan fingerprint density at radius 2 is 2.28 bits per heavy atom. The van der Waals surface area contributed by atoms with Gasteiger partial charge in [0.1, 0.15) is 15.8 Å². The molecule has 8 nitrogen and oxygen atoms in total. The average Bonchev–Trinajstić information content (AvgIpc) is 3.37. The topological polar surface area (TPSA) is 104 Å². The second-order valence-corrected chi connectivity index (χ2v) is 10.4. The molecule has 0 bridgehead atoms. The highest BCUT2D eigenvalue weighted by molar-refractivity contribution is 8.26. The van der Waals surface area contributed by atoms with Gasteiger partial charge in [-0.3, -0.25) is 9.69 Å². The molecule has 2 aliphatic heterocycles. The molecular weight excluding hydrogens is 434 g/mol. The predicted molar refractivity (Wildman–Crippen MR) is 113 cm³/mol. The first-order valence-corrected chi connectivity index (χ1v) is 12.1. The second-order valence-electron chi connectivity index (χ2n) is 6.74. The molecule has 11 heteroatoms. The molecule has 0 aromatic carbocycles. The summed E-state index contributed by atoms with van der Waals surface area (Å²) in [5.74, 6) is 0.682. The molecule has 0 aliphatic carbocycles. The average molecular weight is 456 g/mol. The van der Waals surface area contributed by atoms with Crippen molar-refractivity contribution in [1.29, 1.82) is 5.26 Å². The molecule has 0 N–H and O–H groups in total. The van der Waals surface area contributed by atoms with E-state index in [2.05, 4.69) is 0 Å². The van der Waals surface area contributed by atoms with Gasteiger partial charge >= 0.3 is 0 Å². The summed E-state index contributed by atoms with van der Waals surface area (Å²) >= 11 is 6.54. The Balaban J connectivity index is 1.68. The van der Waals surface area contributed by atoms with Gasteiger partial charge in [0.05, 0.1) is 36.4 Å². The second kappa shape index (κ2) is 9.40. The first-order valence-electron chi connectivity index (χ1n) is 9.05. The zero-order chi connectivity index (χ0) is 21.0. The number of amides is 1. The van der Waals surface area contributed by atoms with Gasteiger partial charge in [0, 0.05) is 25.6 Å². The molecule has 0 saturated carbocycles. The van der Waals surface area contributed by atoms with Crippen LogP contribution in [-0.2, 0) is 26.1 Å². The van der Waals surface area contributed by atoms with Crippen LogP contribution in [0.3, 0.4) is 0 Å². The Labute approximate surface area is 179 Å². The standard InChI is InChI=1S/C18H21N3O5S3/c1-29(23,24)20(8-3-7-19)11-15-6-5-13(26-15)10-16-17(22)21(18(27)28-16)12-14-4-2-9-25-14/h5-6,10,14H,2-4,8-9,11-12H2,1H3/b16-10-/t14-/m1/s1.